The Morgan fingerprint density at radius 3 is 2.78 bits per heavy atom. The number of rotatable bonds is 8. The first kappa shape index (κ1) is 17.6. The summed E-state index contributed by atoms with van der Waals surface area (Å²) in [6, 6.07) is 2.48. The van der Waals surface area contributed by atoms with Crippen LogP contribution in [-0.4, -0.2) is 37.0 Å². The van der Waals surface area contributed by atoms with E-state index >= 15 is 0 Å². The molecule has 0 aromatic heterocycles. The van der Waals surface area contributed by atoms with Crippen LogP contribution < -0.4 is 10.6 Å². The molecule has 1 aromatic rings. The highest BCUT2D eigenvalue weighted by molar-refractivity contribution is 5.74. The summed E-state index contributed by atoms with van der Waals surface area (Å²) >= 11 is 0. The molecule has 2 atom stereocenters. The highest BCUT2D eigenvalue weighted by Crippen LogP contribution is 2.28. The van der Waals surface area contributed by atoms with Crippen molar-refractivity contribution in [2.24, 2.45) is 5.92 Å². The molecule has 1 saturated carbocycles. The summed E-state index contributed by atoms with van der Waals surface area (Å²) in [5.74, 6) is -1.27. The largest absolute Gasteiger partial charge is 0.389 e. The lowest BCUT2D eigenvalue weighted by Crippen LogP contribution is -2.41. The number of ether oxygens (including phenoxy) is 1. The van der Waals surface area contributed by atoms with Gasteiger partial charge < -0.3 is 20.5 Å². The van der Waals surface area contributed by atoms with Crippen LogP contribution in [0.25, 0.3) is 0 Å². The fourth-order valence-electron chi connectivity index (χ4n) is 2.04. The third-order valence-electron chi connectivity index (χ3n) is 3.65. The van der Waals surface area contributed by atoms with Gasteiger partial charge in [0, 0.05) is 13.2 Å². The maximum Gasteiger partial charge on any atom is 0.315 e. The Morgan fingerprint density at radius 2 is 2.13 bits per heavy atom. The number of hydrogen-bond donors (Lipinski definition) is 3. The van der Waals surface area contributed by atoms with Crippen molar-refractivity contribution in [2.75, 3.05) is 19.8 Å². The van der Waals surface area contributed by atoms with Crippen molar-refractivity contribution in [1.82, 2.24) is 10.6 Å². The van der Waals surface area contributed by atoms with Gasteiger partial charge in [0.25, 0.3) is 0 Å². The molecule has 1 aliphatic rings. The number of halogens is 2. The number of aliphatic hydroxyl groups excluding tert-OH is 1. The lowest BCUT2D eigenvalue weighted by molar-refractivity contribution is 0.0337. The van der Waals surface area contributed by atoms with E-state index < -0.39 is 29.8 Å². The highest BCUT2D eigenvalue weighted by Gasteiger charge is 2.21. The number of aliphatic hydroxyl groups is 1. The molecule has 0 aliphatic heterocycles. The van der Waals surface area contributed by atoms with E-state index in [0.29, 0.717) is 18.1 Å². The minimum atomic E-state index is -0.959. The lowest BCUT2D eigenvalue weighted by atomic mass is 10.1. The molecule has 0 radical (unpaired) electrons. The maximum absolute atomic E-state index is 13.2. The van der Waals surface area contributed by atoms with Gasteiger partial charge in [0.1, 0.15) is 0 Å². The fourth-order valence-corrected chi connectivity index (χ4v) is 2.04. The summed E-state index contributed by atoms with van der Waals surface area (Å²) in [6.07, 6.45) is 1.58. The molecule has 23 heavy (non-hydrogen) atoms. The predicted octanol–water partition coefficient (Wildman–Crippen LogP) is 2.11. The monoisotopic (exact) mass is 328 g/mol. The first-order valence-electron chi connectivity index (χ1n) is 7.71. The van der Waals surface area contributed by atoms with E-state index in [1.807, 2.05) is 0 Å². The van der Waals surface area contributed by atoms with Gasteiger partial charge in [-0.15, -0.1) is 0 Å². The molecule has 0 saturated heterocycles. The van der Waals surface area contributed by atoms with Crippen molar-refractivity contribution in [3.63, 3.8) is 0 Å². The first-order chi connectivity index (χ1) is 11.0. The average molecular weight is 328 g/mol. The summed E-state index contributed by atoms with van der Waals surface area (Å²) < 4.78 is 31.4. The summed E-state index contributed by atoms with van der Waals surface area (Å²) in [5.41, 5.74) is 0.451. The van der Waals surface area contributed by atoms with Crippen molar-refractivity contribution in [1.29, 1.82) is 0 Å². The van der Waals surface area contributed by atoms with Crippen LogP contribution in [-0.2, 0) is 4.74 Å². The van der Waals surface area contributed by atoms with Gasteiger partial charge in [-0.05, 0) is 43.4 Å². The Bertz CT molecular complexity index is 538. The summed E-state index contributed by atoms with van der Waals surface area (Å²) in [7, 11) is 0. The molecule has 1 aliphatic carbocycles. The molecule has 3 N–H and O–H groups in total. The first-order valence-corrected chi connectivity index (χ1v) is 7.71. The highest BCUT2D eigenvalue weighted by atomic mass is 19.2. The molecule has 2 rings (SSSR count). The Hall–Kier alpha value is -1.73. The smallest absolute Gasteiger partial charge is 0.315 e. The molecule has 1 aromatic carbocycles. The summed E-state index contributed by atoms with van der Waals surface area (Å²) in [5, 5.41) is 14.8. The Labute approximate surface area is 134 Å². The number of carbonyl (C=O) groups excluding carboxylic acids is 1. The van der Waals surface area contributed by atoms with Crippen molar-refractivity contribution >= 4 is 6.03 Å². The van der Waals surface area contributed by atoms with E-state index in [4.69, 9.17) is 4.74 Å². The van der Waals surface area contributed by atoms with E-state index in [0.717, 1.165) is 12.1 Å². The van der Waals surface area contributed by atoms with Gasteiger partial charge in [0.2, 0.25) is 0 Å². The van der Waals surface area contributed by atoms with Crippen molar-refractivity contribution < 1.29 is 23.4 Å². The number of amides is 2. The van der Waals surface area contributed by atoms with Crippen LogP contribution in [0.3, 0.4) is 0 Å². The van der Waals surface area contributed by atoms with E-state index in [2.05, 4.69) is 10.6 Å². The zero-order valence-corrected chi connectivity index (χ0v) is 13.0. The number of urea groups is 1. The fraction of sp³-hybridized carbons (Fsp3) is 0.562. The molecule has 2 amide bonds. The molecule has 1 fully saturated rings. The average Bonchev–Trinajstić information content (AvgIpc) is 3.32. The van der Waals surface area contributed by atoms with E-state index in [-0.39, 0.29) is 13.2 Å². The van der Waals surface area contributed by atoms with Gasteiger partial charge in [0.05, 0.1) is 18.8 Å². The quantitative estimate of drug-likeness (QED) is 0.684. The molecule has 7 heteroatoms. The summed E-state index contributed by atoms with van der Waals surface area (Å²) in [4.78, 5) is 11.7. The Morgan fingerprint density at radius 1 is 1.39 bits per heavy atom. The number of hydrogen-bond acceptors (Lipinski definition) is 3. The normalized spacial score (nSPS) is 16.7. The number of benzene rings is 1. The minimum Gasteiger partial charge on any atom is -0.389 e. The van der Waals surface area contributed by atoms with Gasteiger partial charge in [0.15, 0.2) is 11.6 Å². The Balaban J connectivity index is 1.67. The molecule has 0 heterocycles. The lowest BCUT2D eigenvalue weighted by Gasteiger charge is -2.17. The molecule has 0 bridgehead atoms. The third-order valence-corrected chi connectivity index (χ3v) is 3.65. The van der Waals surface area contributed by atoms with Gasteiger partial charge >= 0.3 is 6.03 Å². The minimum absolute atomic E-state index is 0.0565. The second-order valence-corrected chi connectivity index (χ2v) is 5.88. The van der Waals surface area contributed by atoms with Crippen LogP contribution in [0.15, 0.2) is 18.2 Å². The van der Waals surface area contributed by atoms with Gasteiger partial charge in [-0.25, -0.2) is 13.6 Å². The van der Waals surface area contributed by atoms with Crippen molar-refractivity contribution in [2.45, 2.75) is 31.9 Å². The SMILES string of the molecule is CC(NC(=O)NCC(O)COCC1CC1)c1ccc(F)c(F)c1. The van der Waals surface area contributed by atoms with Crippen molar-refractivity contribution in [3.8, 4) is 0 Å². The number of nitrogens with one attached hydrogen (secondary N) is 2. The standard InChI is InChI=1S/C16H22F2N2O3/c1-10(12-4-5-14(17)15(18)6-12)20-16(22)19-7-13(21)9-23-8-11-2-3-11/h4-6,10-11,13,21H,2-3,7-9H2,1H3,(H2,19,20,22). The predicted molar refractivity (Wildman–Crippen MR) is 80.9 cm³/mol. The van der Waals surface area contributed by atoms with E-state index in [1.54, 1.807) is 6.92 Å². The molecule has 5 nitrogen and oxygen atoms in total. The van der Waals surface area contributed by atoms with Gasteiger partial charge in [-0.3, -0.25) is 0 Å². The molecule has 128 valence electrons. The van der Waals surface area contributed by atoms with Gasteiger partial charge in [-0.1, -0.05) is 6.07 Å². The topological polar surface area (TPSA) is 70.6 Å². The Kier molecular flexibility index (Phi) is 6.29. The second-order valence-electron chi connectivity index (χ2n) is 5.88. The second kappa shape index (κ2) is 8.21. The maximum atomic E-state index is 13.2. The van der Waals surface area contributed by atoms with Crippen LogP contribution in [0.2, 0.25) is 0 Å². The van der Waals surface area contributed by atoms with Crippen LogP contribution >= 0.6 is 0 Å². The zero-order chi connectivity index (χ0) is 16.8. The third kappa shape index (κ3) is 6.11. The van der Waals surface area contributed by atoms with Crippen molar-refractivity contribution in [3.05, 3.63) is 35.4 Å². The molecular formula is C16H22F2N2O3. The van der Waals surface area contributed by atoms with Crippen LogP contribution in [0.4, 0.5) is 13.6 Å². The molecule has 2 unspecified atom stereocenters. The van der Waals surface area contributed by atoms with Gasteiger partial charge in [-0.2, -0.15) is 0 Å². The van der Waals surface area contributed by atoms with Crippen LogP contribution in [0, 0.1) is 17.6 Å². The summed E-state index contributed by atoms with van der Waals surface area (Å²) in [6.45, 7) is 2.54. The van der Waals surface area contributed by atoms with E-state index in [1.165, 1.54) is 18.9 Å². The van der Waals surface area contributed by atoms with Crippen LogP contribution in [0.5, 0.6) is 0 Å². The van der Waals surface area contributed by atoms with E-state index in [9.17, 15) is 18.7 Å². The molecular weight excluding hydrogens is 306 g/mol. The molecule has 0 spiro atoms. The number of carbonyl (C=O) groups is 1. The zero-order valence-electron chi connectivity index (χ0n) is 13.0. The van der Waals surface area contributed by atoms with Crippen LogP contribution in [0.1, 0.15) is 31.4 Å².